The third-order valence-corrected chi connectivity index (χ3v) is 7.18. The largest absolute Gasteiger partial charge is 0.496 e. The van der Waals surface area contributed by atoms with Crippen LogP contribution in [0, 0.1) is 0 Å². The SMILES string of the molecule is COc1ccc(S(=O)(=O)N2CCOCC2)cc1CCC(=O)NCc1ccccc1Cl. The maximum absolute atomic E-state index is 12.9. The van der Waals surface area contributed by atoms with Gasteiger partial charge in [0.25, 0.3) is 0 Å². The first-order valence-corrected chi connectivity index (χ1v) is 11.5. The average Bonchev–Trinajstić information content (AvgIpc) is 2.77. The summed E-state index contributed by atoms with van der Waals surface area (Å²) in [6.07, 6.45) is 0.547. The van der Waals surface area contributed by atoms with E-state index in [0.717, 1.165) is 5.56 Å². The standard InChI is InChI=1S/C21H25ClN2O5S/c1-28-20-8-7-18(30(26,27)24-10-12-29-13-11-24)14-16(20)6-9-21(25)23-15-17-4-2-3-5-19(17)22/h2-5,7-8,14H,6,9-13,15H2,1H3,(H,23,25). The number of aryl methyl sites for hydroxylation is 1. The normalized spacial score (nSPS) is 15.0. The number of morpholine rings is 1. The molecule has 7 nitrogen and oxygen atoms in total. The van der Waals surface area contributed by atoms with Crippen molar-refractivity contribution in [3.63, 3.8) is 0 Å². The molecule has 1 heterocycles. The second-order valence-electron chi connectivity index (χ2n) is 6.86. The lowest BCUT2D eigenvalue weighted by Crippen LogP contribution is -2.40. The van der Waals surface area contributed by atoms with Crippen molar-refractivity contribution in [1.82, 2.24) is 9.62 Å². The first kappa shape index (κ1) is 22.6. The summed E-state index contributed by atoms with van der Waals surface area (Å²) < 4.78 is 37.8. The number of hydrogen-bond donors (Lipinski definition) is 1. The maximum Gasteiger partial charge on any atom is 0.243 e. The van der Waals surface area contributed by atoms with Gasteiger partial charge in [0.1, 0.15) is 5.75 Å². The van der Waals surface area contributed by atoms with Gasteiger partial charge in [-0.1, -0.05) is 29.8 Å². The number of sulfonamides is 1. The molecule has 162 valence electrons. The third kappa shape index (κ3) is 5.51. The van der Waals surface area contributed by atoms with Gasteiger partial charge in [-0.05, 0) is 41.8 Å². The van der Waals surface area contributed by atoms with Crippen molar-refractivity contribution < 1.29 is 22.7 Å². The minimum atomic E-state index is -3.62. The van der Waals surface area contributed by atoms with E-state index in [1.165, 1.54) is 17.5 Å². The summed E-state index contributed by atoms with van der Waals surface area (Å²) in [6, 6.07) is 12.1. The van der Waals surface area contributed by atoms with Gasteiger partial charge in [-0.15, -0.1) is 0 Å². The Morgan fingerprint density at radius 3 is 2.60 bits per heavy atom. The van der Waals surface area contributed by atoms with Gasteiger partial charge in [0.2, 0.25) is 15.9 Å². The predicted octanol–water partition coefficient (Wildman–Crippen LogP) is 2.62. The number of amides is 1. The number of hydrogen-bond acceptors (Lipinski definition) is 5. The van der Waals surface area contributed by atoms with E-state index >= 15 is 0 Å². The molecule has 0 unspecified atom stereocenters. The molecule has 1 saturated heterocycles. The molecule has 1 aliphatic rings. The van der Waals surface area contributed by atoms with Crippen molar-refractivity contribution in [1.29, 1.82) is 0 Å². The Bertz CT molecular complexity index is 991. The molecule has 0 atom stereocenters. The predicted molar refractivity (Wildman–Crippen MR) is 114 cm³/mol. The minimum absolute atomic E-state index is 0.154. The summed E-state index contributed by atoms with van der Waals surface area (Å²) in [7, 11) is -2.10. The summed E-state index contributed by atoms with van der Waals surface area (Å²) in [6.45, 7) is 1.76. The lowest BCUT2D eigenvalue weighted by Gasteiger charge is -2.26. The number of nitrogens with zero attached hydrogens (tertiary/aromatic N) is 1. The Labute approximate surface area is 182 Å². The zero-order valence-corrected chi connectivity index (χ0v) is 18.3. The molecule has 1 aliphatic heterocycles. The number of rotatable bonds is 8. The average molecular weight is 453 g/mol. The Kier molecular flexibility index (Phi) is 7.71. The van der Waals surface area contributed by atoms with Gasteiger partial charge in [-0.3, -0.25) is 4.79 Å². The van der Waals surface area contributed by atoms with Gasteiger partial charge in [0.05, 0.1) is 25.2 Å². The van der Waals surface area contributed by atoms with Crippen molar-refractivity contribution in [2.45, 2.75) is 24.3 Å². The van der Waals surface area contributed by atoms with Gasteiger partial charge in [-0.25, -0.2) is 8.42 Å². The number of benzene rings is 2. The van der Waals surface area contributed by atoms with Crippen LogP contribution in [0.25, 0.3) is 0 Å². The van der Waals surface area contributed by atoms with E-state index in [4.69, 9.17) is 21.1 Å². The van der Waals surface area contributed by atoms with Crippen molar-refractivity contribution >= 4 is 27.5 Å². The van der Waals surface area contributed by atoms with E-state index in [-0.39, 0.29) is 17.2 Å². The van der Waals surface area contributed by atoms with Gasteiger partial charge in [-0.2, -0.15) is 4.31 Å². The van der Waals surface area contributed by atoms with E-state index < -0.39 is 10.0 Å². The highest BCUT2D eigenvalue weighted by Gasteiger charge is 2.27. The molecule has 30 heavy (non-hydrogen) atoms. The zero-order chi connectivity index (χ0) is 21.6. The van der Waals surface area contributed by atoms with Crippen LogP contribution in [0.5, 0.6) is 5.75 Å². The quantitative estimate of drug-likeness (QED) is 0.665. The zero-order valence-electron chi connectivity index (χ0n) is 16.8. The van der Waals surface area contributed by atoms with Crippen LogP contribution in [0.15, 0.2) is 47.4 Å². The second kappa shape index (κ2) is 10.3. The van der Waals surface area contributed by atoms with Crippen LogP contribution >= 0.6 is 11.6 Å². The van der Waals surface area contributed by atoms with Gasteiger partial charge >= 0.3 is 0 Å². The lowest BCUT2D eigenvalue weighted by molar-refractivity contribution is -0.121. The minimum Gasteiger partial charge on any atom is -0.496 e. The van der Waals surface area contributed by atoms with Crippen molar-refractivity contribution in [2.24, 2.45) is 0 Å². The molecular formula is C21H25ClN2O5S. The molecule has 0 saturated carbocycles. The molecule has 1 fully saturated rings. The molecule has 3 rings (SSSR count). The lowest BCUT2D eigenvalue weighted by atomic mass is 10.1. The number of nitrogens with one attached hydrogen (secondary N) is 1. The van der Waals surface area contributed by atoms with Gasteiger partial charge in [0, 0.05) is 31.1 Å². The van der Waals surface area contributed by atoms with Gasteiger partial charge in [0.15, 0.2) is 0 Å². The molecule has 0 aromatic heterocycles. The fourth-order valence-corrected chi connectivity index (χ4v) is 4.88. The highest BCUT2D eigenvalue weighted by Crippen LogP contribution is 2.26. The smallest absolute Gasteiger partial charge is 0.243 e. The number of carbonyl (C=O) groups excluding carboxylic acids is 1. The van der Waals surface area contributed by atoms with Crippen LogP contribution in [0.2, 0.25) is 5.02 Å². The Morgan fingerprint density at radius 1 is 1.17 bits per heavy atom. The number of halogens is 1. The highest BCUT2D eigenvalue weighted by atomic mass is 35.5. The van der Waals surface area contributed by atoms with Crippen LogP contribution < -0.4 is 10.1 Å². The van der Waals surface area contributed by atoms with Crippen molar-refractivity contribution in [3.05, 3.63) is 58.6 Å². The topological polar surface area (TPSA) is 84.9 Å². The van der Waals surface area contributed by atoms with Crippen molar-refractivity contribution in [3.8, 4) is 5.75 Å². The third-order valence-electron chi connectivity index (χ3n) is 4.91. The number of ether oxygens (including phenoxy) is 2. The first-order valence-electron chi connectivity index (χ1n) is 9.66. The molecule has 1 N–H and O–H groups in total. The van der Waals surface area contributed by atoms with E-state index in [2.05, 4.69) is 5.32 Å². The van der Waals surface area contributed by atoms with Crippen LogP contribution in [0.4, 0.5) is 0 Å². The molecule has 9 heteroatoms. The summed E-state index contributed by atoms with van der Waals surface area (Å²) >= 11 is 6.11. The molecule has 2 aromatic carbocycles. The first-order chi connectivity index (χ1) is 14.4. The number of methoxy groups -OCH3 is 1. The Hall–Kier alpha value is -2.13. The number of carbonyl (C=O) groups is 1. The molecule has 0 spiro atoms. The Morgan fingerprint density at radius 2 is 1.90 bits per heavy atom. The summed E-state index contributed by atoms with van der Waals surface area (Å²) in [5, 5.41) is 3.44. The molecule has 1 amide bonds. The molecule has 0 bridgehead atoms. The second-order valence-corrected chi connectivity index (χ2v) is 9.20. The van der Waals surface area contributed by atoms with E-state index in [9.17, 15) is 13.2 Å². The highest BCUT2D eigenvalue weighted by molar-refractivity contribution is 7.89. The van der Waals surface area contributed by atoms with Gasteiger partial charge < -0.3 is 14.8 Å². The van der Waals surface area contributed by atoms with Crippen molar-refractivity contribution in [2.75, 3.05) is 33.4 Å². The van der Waals surface area contributed by atoms with E-state index in [1.54, 1.807) is 18.2 Å². The summed E-state index contributed by atoms with van der Waals surface area (Å²) in [5.74, 6) is 0.397. The molecule has 2 aromatic rings. The van der Waals surface area contributed by atoms with Crippen LogP contribution in [-0.4, -0.2) is 52.0 Å². The van der Waals surface area contributed by atoms with Crippen LogP contribution in [-0.2, 0) is 32.5 Å². The monoisotopic (exact) mass is 452 g/mol. The van der Waals surface area contributed by atoms with E-state index in [1.807, 2.05) is 18.2 Å². The molecule has 0 aliphatic carbocycles. The fraction of sp³-hybridized carbons (Fsp3) is 0.381. The Balaban J connectivity index is 1.66. The maximum atomic E-state index is 12.9. The summed E-state index contributed by atoms with van der Waals surface area (Å²) in [5.41, 5.74) is 1.50. The fourth-order valence-electron chi connectivity index (χ4n) is 3.22. The summed E-state index contributed by atoms with van der Waals surface area (Å²) in [4.78, 5) is 12.5. The van der Waals surface area contributed by atoms with E-state index in [0.29, 0.717) is 55.6 Å². The van der Waals surface area contributed by atoms with Crippen LogP contribution in [0.3, 0.4) is 0 Å². The van der Waals surface area contributed by atoms with Crippen LogP contribution in [0.1, 0.15) is 17.5 Å². The molecular weight excluding hydrogens is 428 g/mol. The molecule has 0 radical (unpaired) electrons.